The van der Waals surface area contributed by atoms with E-state index in [2.05, 4.69) is 43.3 Å². The highest BCUT2D eigenvalue weighted by Crippen LogP contribution is 2.46. The molecule has 1 aromatic heterocycles. The standard InChI is InChI=1S/C24H35N5O2/c1-17-27-21-13-18(3-4-22(21)28(17)2)15-26-23(30)24-7-5-20(29-9-11-31-12-10-29)14-19(24)6-8-25-16-24/h3-4,13,19-20,25H,5-12,14-16H2,1-2H3,(H,26,30)/t19-,20-,24-/m1/s1. The summed E-state index contributed by atoms with van der Waals surface area (Å²) in [6.07, 6.45) is 4.30. The third kappa shape index (κ3) is 3.88. The average molecular weight is 426 g/mol. The maximum absolute atomic E-state index is 13.5. The van der Waals surface area contributed by atoms with Crippen LogP contribution in [0, 0.1) is 18.3 Å². The Bertz CT molecular complexity index is 951. The molecule has 5 rings (SSSR count). The molecule has 1 aliphatic carbocycles. The van der Waals surface area contributed by atoms with Crippen LogP contribution in [0.25, 0.3) is 11.0 Å². The third-order valence-corrected chi connectivity index (χ3v) is 8.01. The van der Waals surface area contributed by atoms with E-state index in [1.807, 2.05) is 14.0 Å². The number of aromatic nitrogens is 2. The van der Waals surface area contributed by atoms with Crippen molar-refractivity contribution >= 4 is 16.9 Å². The lowest BCUT2D eigenvalue weighted by Crippen LogP contribution is -2.60. The van der Waals surface area contributed by atoms with Crippen LogP contribution in [0.2, 0.25) is 0 Å². The van der Waals surface area contributed by atoms with Gasteiger partial charge in [0.05, 0.1) is 29.7 Å². The Morgan fingerprint density at radius 2 is 2.16 bits per heavy atom. The minimum absolute atomic E-state index is 0.224. The Kier molecular flexibility index (Phi) is 5.75. The van der Waals surface area contributed by atoms with Crippen LogP contribution in [-0.2, 0) is 23.1 Å². The summed E-state index contributed by atoms with van der Waals surface area (Å²) in [6.45, 7) is 8.15. The van der Waals surface area contributed by atoms with Crippen LogP contribution < -0.4 is 10.6 Å². The fraction of sp³-hybridized carbons (Fsp3) is 0.667. The van der Waals surface area contributed by atoms with Crippen LogP contribution in [-0.4, -0.2) is 65.8 Å². The number of fused-ring (bicyclic) bond motifs is 2. The average Bonchev–Trinajstić information content (AvgIpc) is 3.10. The fourth-order valence-corrected chi connectivity index (χ4v) is 6.00. The van der Waals surface area contributed by atoms with Crippen molar-refractivity contribution in [2.45, 2.75) is 45.2 Å². The van der Waals surface area contributed by atoms with Gasteiger partial charge in [-0.05, 0) is 62.8 Å². The number of carbonyl (C=O) groups excluding carboxylic acids is 1. The summed E-state index contributed by atoms with van der Waals surface area (Å²) in [7, 11) is 2.04. The van der Waals surface area contributed by atoms with Crippen molar-refractivity contribution in [3.8, 4) is 0 Å². The van der Waals surface area contributed by atoms with Gasteiger partial charge < -0.3 is 19.9 Å². The van der Waals surface area contributed by atoms with Crippen molar-refractivity contribution in [3.05, 3.63) is 29.6 Å². The maximum Gasteiger partial charge on any atom is 0.228 e. The van der Waals surface area contributed by atoms with Crippen molar-refractivity contribution in [2.24, 2.45) is 18.4 Å². The number of hydrogen-bond donors (Lipinski definition) is 2. The molecule has 3 atom stereocenters. The van der Waals surface area contributed by atoms with Gasteiger partial charge in [-0.15, -0.1) is 0 Å². The van der Waals surface area contributed by atoms with Gasteiger partial charge in [-0.2, -0.15) is 0 Å². The third-order valence-electron chi connectivity index (χ3n) is 8.01. The number of piperidine rings is 1. The molecule has 168 valence electrons. The Balaban J connectivity index is 1.27. The second-order valence-corrected chi connectivity index (χ2v) is 9.62. The molecule has 0 spiro atoms. The summed E-state index contributed by atoms with van der Waals surface area (Å²) in [6, 6.07) is 6.91. The normalized spacial score (nSPS) is 29.6. The number of rotatable bonds is 4. The van der Waals surface area contributed by atoms with Crippen molar-refractivity contribution < 1.29 is 9.53 Å². The zero-order valence-corrected chi connectivity index (χ0v) is 18.8. The number of imidazole rings is 1. The number of hydrogen-bond acceptors (Lipinski definition) is 5. The number of aryl methyl sites for hydroxylation is 2. The van der Waals surface area contributed by atoms with E-state index in [0.29, 0.717) is 18.5 Å². The minimum Gasteiger partial charge on any atom is -0.379 e. The van der Waals surface area contributed by atoms with Crippen LogP contribution in [0.3, 0.4) is 0 Å². The number of amides is 1. The summed E-state index contributed by atoms with van der Waals surface area (Å²) < 4.78 is 7.64. The zero-order chi connectivity index (χ0) is 21.4. The molecule has 1 aromatic carbocycles. The van der Waals surface area contributed by atoms with E-state index >= 15 is 0 Å². The first-order chi connectivity index (χ1) is 15.1. The molecule has 3 fully saturated rings. The van der Waals surface area contributed by atoms with Crippen molar-refractivity contribution in [2.75, 3.05) is 39.4 Å². The van der Waals surface area contributed by atoms with Gasteiger partial charge in [-0.1, -0.05) is 6.07 Å². The molecule has 1 amide bonds. The Morgan fingerprint density at radius 1 is 1.32 bits per heavy atom. The molecule has 1 saturated carbocycles. The number of carbonyl (C=O) groups is 1. The molecule has 3 heterocycles. The molecule has 7 nitrogen and oxygen atoms in total. The highest BCUT2D eigenvalue weighted by atomic mass is 16.5. The lowest BCUT2D eigenvalue weighted by molar-refractivity contribution is -0.140. The molecule has 3 aliphatic rings. The molecular formula is C24H35N5O2. The van der Waals surface area contributed by atoms with E-state index in [0.717, 1.165) is 87.5 Å². The van der Waals surface area contributed by atoms with E-state index in [9.17, 15) is 4.79 Å². The molecule has 0 radical (unpaired) electrons. The molecule has 0 unspecified atom stereocenters. The molecule has 7 heteroatoms. The maximum atomic E-state index is 13.5. The smallest absolute Gasteiger partial charge is 0.228 e. The molecular weight excluding hydrogens is 390 g/mol. The summed E-state index contributed by atoms with van der Waals surface area (Å²) in [5.41, 5.74) is 2.96. The van der Waals surface area contributed by atoms with Crippen molar-refractivity contribution in [3.63, 3.8) is 0 Å². The second kappa shape index (κ2) is 8.52. The predicted molar refractivity (Wildman–Crippen MR) is 121 cm³/mol. The summed E-state index contributed by atoms with van der Waals surface area (Å²) in [5, 5.41) is 6.82. The van der Waals surface area contributed by atoms with Crippen LogP contribution in [0.15, 0.2) is 18.2 Å². The Hall–Kier alpha value is -1.96. The summed E-state index contributed by atoms with van der Waals surface area (Å²) >= 11 is 0. The monoisotopic (exact) mass is 425 g/mol. The van der Waals surface area contributed by atoms with E-state index in [1.165, 1.54) is 0 Å². The number of morpholine rings is 1. The Labute approximate surface area is 184 Å². The van der Waals surface area contributed by atoms with Crippen molar-refractivity contribution in [1.29, 1.82) is 0 Å². The van der Waals surface area contributed by atoms with E-state index < -0.39 is 0 Å². The van der Waals surface area contributed by atoms with Gasteiger partial charge in [0.2, 0.25) is 5.91 Å². The Morgan fingerprint density at radius 3 is 3.00 bits per heavy atom. The zero-order valence-electron chi connectivity index (χ0n) is 18.8. The van der Waals surface area contributed by atoms with Gasteiger partial charge in [-0.3, -0.25) is 9.69 Å². The molecule has 0 bridgehead atoms. The SMILES string of the molecule is Cc1nc2cc(CNC(=O)[C@@]34CC[C@@H](N5CCOCC5)C[C@H]3CCNC4)ccc2n1C. The first-order valence-electron chi connectivity index (χ1n) is 11.8. The van der Waals surface area contributed by atoms with Crippen LogP contribution >= 0.6 is 0 Å². The van der Waals surface area contributed by atoms with Gasteiger partial charge in [0.15, 0.2) is 0 Å². The second-order valence-electron chi connectivity index (χ2n) is 9.62. The lowest BCUT2D eigenvalue weighted by Gasteiger charge is -2.50. The van der Waals surface area contributed by atoms with Gasteiger partial charge in [0.1, 0.15) is 5.82 Å². The quantitative estimate of drug-likeness (QED) is 0.784. The summed E-state index contributed by atoms with van der Waals surface area (Å²) in [4.78, 5) is 20.8. The van der Waals surface area contributed by atoms with Crippen LogP contribution in [0.4, 0.5) is 0 Å². The minimum atomic E-state index is -0.271. The van der Waals surface area contributed by atoms with Crippen LogP contribution in [0.1, 0.15) is 37.1 Å². The fourth-order valence-electron chi connectivity index (χ4n) is 6.00. The number of ether oxygens (including phenoxy) is 1. The van der Waals surface area contributed by atoms with Crippen molar-refractivity contribution in [1.82, 2.24) is 25.1 Å². The van der Waals surface area contributed by atoms with Gasteiger partial charge in [0.25, 0.3) is 0 Å². The number of benzene rings is 1. The molecule has 31 heavy (non-hydrogen) atoms. The molecule has 2 N–H and O–H groups in total. The van der Waals surface area contributed by atoms with E-state index in [-0.39, 0.29) is 11.3 Å². The van der Waals surface area contributed by atoms with E-state index in [4.69, 9.17) is 4.74 Å². The van der Waals surface area contributed by atoms with Crippen LogP contribution in [0.5, 0.6) is 0 Å². The number of nitrogens with zero attached hydrogens (tertiary/aromatic N) is 3. The first-order valence-corrected chi connectivity index (χ1v) is 11.8. The molecule has 2 aliphatic heterocycles. The first kappa shape index (κ1) is 20.9. The van der Waals surface area contributed by atoms with Gasteiger partial charge >= 0.3 is 0 Å². The highest BCUT2D eigenvalue weighted by molar-refractivity contribution is 5.84. The molecule has 2 aromatic rings. The topological polar surface area (TPSA) is 71.4 Å². The lowest BCUT2D eigenvalue weighted by atomic mass is 9.61. The summed E-state index contributed by atoms with van der Waals surface area (Å²) in [5.74, 6) is 1.68. The van der Waals surface area contributed by atoms with Gasteiger partial charge in [-0.25, -0.2) is 4.98 Å². The predicted octanol–water partition coefficient (Wildman–Crippen LogP) is 1.98. The number of nitrogens with one attached hydrogen (secondary N) is 2. The molecule has 2 saturated heterocycles. The van der Waals surface area contributed by atoms with E-state index in [1.54, 1.807) is 0 Å². The largest absolute Gasteiger partial charge is 0.379 e. The van der Waals surface area contributed by atoms with Gasteiger partial charge in [0, 0.05) is 39.3 Å². The highest BCUT2D eigenvalue weighted by Gasteiger charge is 2.50.